The summed E-state index contributed by atoms with van der Waals surface area (Å²) in [6, 6.07) is -0.132. The number of hydrogen-bond donors (Lipinski definition) is 2. The molecule has 3 nitrogen and oxygen atoms in total. The molecule has 0 bridgehead atoms. The third-order valence-corrected chi connectivity index (χ3v) is 1.69. The van der Waals surface area contributed by atoms with E-state index in [0.29, 0.717) is 11.0 Å². The van der Waals surface area contributed by atoms with E-state index in [-0.39, 0.29) is 11.9 Å². The molecule has 0 aliphatic carbocycles. The second-order valence-corrected chi connectivity index (χ2v) is 3.09. The van der Waals surface area contributed by atoms with Gasteiger partial charge in [0.2, 0.25) is 5.91 Å². The maximum atomic E-state index is 11.0. The highest BCUT2D eigenvalue weighted by Crippen LogP contribution is 2.04. The molecule has 1 rings (SSSR count). The highest BCUT2D eigenvalue weighted by atomic mass is 32.1. The largest absolute Gasteiger partial charge is 0.350 e. The molecule has 1 heterocycles. The van der Waals surface area contributed by atoms with Crippen molar-refractivity contribution < 1.29 is 4.79 Å². The molecular formula is C6H10N2OS. The molecule has 1 fully saturated rings. The van der Waals surface area contributed by atoms with Gasteiger partial charge in [0.15, 0.2) is 5.11 Å². The summed E-state index contributed by atoms with van der Waals surface area (Å²) < 4.78 is 0. The van der Waals surface area contributed by atoms with Crippen LogP contribution in [0.25, 0.3) is 0 Å². The highest BCUT2D eigenvalue weighted by Gasteiger charge is 2.29. The van der Waals surface area contributed by atoms with E-state index in [1.54, 1.807) is 0 Å². The van der Waals surface area contributed by atoms with Crippen molar-refractivity contribution in [3.05, 3.63) is 0 Å². The lowest BCUT2D eigenvalue weighted by Gasteiger charge is -2.10. The first-order valence-corrected chi connectivity index (χ1v) is 3.63. The van der Waals surface area contributed by atoms with Gasteiger partial charge in [-0.25, -0.2) is 0 Å². The fourth-order valence-corrected chi connectivity index (χ4v) is 1.13. The van der Waals surface area contributed by atoms with Crippen LogP contribution in [0.4, 0.5) is 0 Å². The monoisotopic (exact) mass is 158 g/mol. The lowest BCUT2D eigenvalue weighted by molar-refractivity contribution is -0.120. The van der Waals surface area contributed by atoms with E-state index in [1.807, 2.05) is 13.8 Å². The minimum atomic E-state index is -0.132. The van der Waals surface area contributed by atoms with Gasteiger partial charge >= 0.3 is 0 Å². The summed E-state index contributed by atoms with van der Waals surface area (Å²) in [6.45, 7) is 3.95. The summed E-state index contributed by atoms with van der Waals surface area (Å²) in [6.07, 6.45) is 0. The predicted molar refractivity (Wildman–Crippen MR) is 42.5 cm³/mol. The Morgan fingerprint density at radius 3 is 2.40 bits per heavy atom. The Balaban J connectivity index is 2.63. The zero-order valence-electron chi connectivity index (χ0n) is 5.97. The van der Waals surface area contributed by atoms with Crippen LogP contribution >= 0.6 is 12.2 Å². The van der Waals surface area contributed by atoms with Gasteiger partial charge in [-0.3, -0.25) is 4.79 Å². The van der Waals surface area contributed by atoms with Gasteiger partial charge in [0.25, 0.3) is 0 Å². The molecule has 1 aliphatic heterocycles. The van der Waals surface area contributed by atoms with Crippen LogP contribution in [0.15, 0.2) is 0 Å². The molecule has 0 radical (unpaired) electrons. The predicted octanol–water partition coefficient (Wildman–Crippen LogP) is 0.0153. The van der Waals surface area contributed by atoms with Crippen LogP contribution in [-0.4, -0.2) is 17.1 Å². The maximum Gasteiger partial charge on any atom is 0.248 e. The fraction of sp³-hybridized carbons (Fsp3) is 0.667. The summed E-state index contributed by atoms with van der Waals surface area (Å²) in [5, 5.41) is 5.85. The smallest absolute Gasteiger partial charge is 0.248 e. The molecule has 1 saturated heterocycles. The van der Waals surface area contributed by atoms with E-state index in [9.17, 15) is 4.79 Å². The number of amides is 1. The van der Waals surface area contributed by atoms with Crippen LogP contribution in [0.2, 0.25) is 0 Å². The third kappa shape index (κ3) is 1.26. The number of thiocarbonyl (C=S) groups is 1. The Hall–Kier alpha value is -0.640. The normalized spacial score (nSPS) is 24.9. The van der Waals surface area contributed by atoms with Crippen LogP contribution in [0.5, 0.6) is 0 Å². The van der Waals surface area contributed by atoms with Gasteiger partial charge < -0.3 is 10.6 Å². The quantitative estimate of drug-likeness (QED) is 0.528. The van der Waals surface area contributed by atoms with Crippen molar-refractivity contribution in [2.45, 2.75) is 19.9 Å². The van der Waals surface area contributed by atoms with Gasteiger partial charge in [-0.1, -0.05) is 13.8 Å². The van der Waals surface area contributed by atoms with Crippen molar-refractivity contribution in [1.29, 1.82) is 0 Å². The molecule has 2 N–H and O–H groups in total. The highest BCUT2D eigenvalue weighted by molar-refractivity contribution is 7.80. The summed E-state index contributed by atoms with van der Waals surface area (Å²) >= 11 is 4.75. The van der Waals surface area contributed by atoms with Crippen LogP contribution in [0.1, 0.15) is 13.8 Å². The average molecular weight is 158 g/mol. The summed E-state index contributed by atoms with van der Waals surface area (Å²) in [4.78, 5) is 11.0. The fourth-order valence-electron chi connectivity index (χ4n) is 0.902. The van der Waals surface area contributed by atoms with Gasteiger partial charge in [-0.15, -0.1) is 0 Å². The van der Waals surface area contributed by atoms with Crippen molar-refractivity contribution >= 4 is 23.2 Å². The van der Waals surface area contributed by atoms with Gasteiger partial charge in [0.1, 0.15) is 6.04 Å². The Morgan fingerprint density at radius 1 is 1.60 bits per heavy atom. The van der Waals surface area contributed by atoms with Crippen molar-refractivity contribution in [2.75, 3.05) is 0 Å². The number of carbonyl (C=O) groups is 1. The first-order valence-electron chi connectivity index (χ1n) is 3.22. The van der Waals surface area contributed by atoms with Gasteiger partial charge in [-0.05, 0) is 18.1 Å². The molecular weight excluding hydrogens is 148 g/mol. The summed E-state index contributed by atoms with van der Waals surface area (Å²) in [5.74, 6) is 0.278. The second kappa shape index (κ2) is 2.54. The zero-order chi connectivity index (χ0) is 7.72. The zero-order valence-corrected chi connectivity index (χ0v) is 6.79. The average Bonchev–Trinajstić information content (AvgIpc) is 2.10. The number of rotatable bonds is 1. The number of hydrogen-bond acceptors (Lipinski definition) is 2. The van der Waals surface area contributed by atoms with E-state index in [4.69, 9.17) is 12.2 Å². The molecule has 4 heteroatoms. The third-order valence-electron chi connectivity index (χ3n) is 1.47. The Morgan fingerprint density at radius 2 is 2.20 bits per heavy atom. The minimum Gasteiger partial charge on any atom is -0.350 e. The molecule has 0 saturated carbocycles. The maximum absolute atomic E-state index is 11.0. The number of nitrogens with one attached hydrogen (secondary N) is 2. The first-order chi connectivity index (χ1) is 4.61. The summed E-state index contributed by atoms with van der Waals surface area (Å²) in [5.41, 5.74) is 0. The van der Waals surface area contributed by atoms with E-state index in [0.717, 1.165) is 0 Å². The van der Waals surface area contributed by atoms with Crippen molar-refractivity contribution in [3.63, 3.8) is 0 Å². The molecule has 0 aromatic rings. The van der Waals surface area contributed by atoms with Crippen LogP contribution in [0.3, 0.4) is 0 Å². The van der Waals surface area contributed by atoms with E-state index in [1.165, 1.54) is 0 Å². The molecule has 0 aromatic heterocycles. The molecule has 1 atom stereocenters. The van der Waals surface area contributed by atoms with E-state index >= 15 is 0 Å². The standard InChI is InChI=1S/C6H10N2OS/c1-3(2)4-5(9)8-6(10)7-4/h3-4H,1-2H3,(H2,7,8,9,10). The molecule has 1 unspecified atom stereocenters. The van der Waals surface area contributed by atoms with Crippen molar-refractivity contribution in [1.82, 2.24) is 10.6 Å². The molecule has 0 aromatic carbocycles. The van der Waals surface area contributed by atoms with E-state index in [2.05, 4.69) is 10.6 Å². The summed E-state index contributed by atoms with van der Waals surface area (Å²) in [7, 11) is 0. The number of carbonyl (C=O) groups excluding carboxylic acids is 1. The lowest BCUT2D eigenvalue weighted by Crippen LogP contribution is -2.33. The van der Waals surface area contributed by atoms with E-state index < -0.39 is 0 Å². The van der Waals surface area contributed by atoms with Gasteiger partial charge in [-0.2, -0.15) is 0 Å². The minimum absolute atomic E-state index is 0.0139. The van der Waals surface area contributed by atoms with Gasteiger partial charge in [0.05, 0.1) is 0 Å². The molecule has 0 spiro atoms. The molecule has 10 heavy (non-hydrogen) atoms. The molecule has 56 valence electrons. The first kappa shape index (κ1) is 7.47. The van der Waals surface area contributed by atoms with Crippen LogP contribution < -0.4 is 10.6 Å². The Kier molecular flexibility index (Phi) is 1.89. The lowest BCUT2D eigenvalue weighted by atomic mass is 10.1. The van der Waals surface area contributed by atoms with Crippen LogP contribution in [-0.2, 0) is 4.79 Å². The SMILES string of the molecule is CC(C)C1NC(=S)NC1=O. The van der Waals surface area contributed by atoms with Crippen molar-refractivity contribution in [2.24, 2.45) is 5.92 Å². The Bertz CT molecular complexity index is 179. The van der Waals surface area contributed by atoms with Gasteiger partial charge in [0, 0.05) is 0 Å². The topological polar surface area (TPSA) is 41.1 Å². The molecule has 1 amide bonds. The Labute approximate surface area is 65.2 Å². The van der Waals surface area contributed by atoms with Crippen LogP contribution in [0, 0.1) is 5.92 Å². The molecule has 1 aliphatic rings. The second-order valence-electron chi connectivity index (χ2n) is 2.68. The van der Waals surface area contributed by atoms with Crippen molar-refractivity contribution in [3.8, 4) is 0 Å².